The van der Waals surface area contributed by atoms with E-state index in [0.29, 0.717) is 18.0 Å². The van der Waals surface area contributed by atoms with Gasteiger partial charge in [0.2, 0.25) is 10.0 Å². The lowest BCUT2D eigenvalue weighted by molar-refractivity contribution is 0.441. The fraction of sp³-hybridized carbons (Fsp3) is 0.222. The topological polar surface area (TPSA) is 37.4 Å². The average Bonchev–Trinajstić information content (AvgIpc) is 2.56. The predicted molar refractivity (Wildman–Crippen MR) is 89.0 cm³/mol. The third-order valence-corrected chi connectivity index (χ3v) is 5.80. The van der Waals surface area contributed by atoms with Gasteiger partial charge in [-0.05, 0) is 42.2 Å². The maximum atomic E-state index is 12.7. The maximum absolute atomic E-state index is 12.7. The van der Waals surface area contributed by atoms with Gasteiger partial charge in [0.1, 0.15) is 0 Å². The summed E-state index contributed by atoms with van der Waals surface area (Å²) in [7, 11) is -3.40. The van der Waals surface area contributed by atoms with Crippen molar-refractivity contribution in [3.05, 3.63) is 71.8 Å². The summed E-state index contributed by atoms with van der Waals surface area (Å²) in [6.07, 6.45) is 2.77. The van der Waals surface area contributed by atoms with E-state index in [1.54, 1.807) is 22.5 Å². The predicted octanol–water partition coefficient (Wildman–Crippen LogP) is 3.47. The Balaban J connectivity index is 1.82. The van der Waals surface area contributed by atoms with E-state index >= 15 is 0 Å². The lowest BCUT2D eigenvalue weighted by atomic mass is 10.0. The molecule has 3 nitrogen and oxygen atoms in total. The molecular formula is C18H19NO2S. The van der Waals surface area contributed by atoms with Crippen molar-refractivity contribution >= 4 is 15.6 Å². The number of sulfonamides is 1. The Labute approximate surface area is 132 Å². The van der Waals surface area contributed by atoms with E-state index < -0.39 is 10.0 Å². The van der Waals surface area contributed by atoms with Crippen LogP contribution in [-0.2, 0) is 10.0 Å². The van der Waals surface area contributed by atoms with E-state index in [4.69, 9.17) is 0 Å². The summed E-state index contributed by atoms with van der Waals surface area (Å²) in [4.78, 5) is 0.379. The van der Waals surface area contributed by atoms with Gasteiger partial charge in [0, 0.05) is 13.1 Å². The molecule has 114 valence electrons. The lowest BCUT2D eigenvalue weighted by Crippen LogP contribution is -2.34. The summed E-state index contributed by atoms with van der Waals surface area (Å²) in [6.45, 7) is 2.86. The van der Waals surface area contributed by atoms with Crippen molar-refractivity contribution < 1.29 is 8.42 Å². The van der Waals surface area contributed by atoms with E-state index in [0.717, 1.165) is 12.0 Å². The zero-order valence-corrected chi connectivity index (χ0v) is 13.4. The minimum Gasteiger partial charge on any atom is -0.207 e. The van der Waals surface area contributed by atoms with Crippen LogP contribution in [-0.4, -0.2) is 25.8 Å². The van der Waals surface area contributed by atoms with Gasteiger partial charge in [-0.15, -0.1) is 0 Å². The molecule has 0 aliphatic carbocycles. The van der Waals surface area contributed by atoms with E-state index in [1.165, 1.54) is 11.1 Å². The van der Waals surface area contributed by atoms with Crippen LogP contribution in [0, 0.1) is 6.92 Å². The fourth-order valence-corrected chi connectivity index (χ4v) is 4.19. The highest BCUT2D eigenvalue weighted by atomic mass is 32.2. The molecule has 0 N–H and O–H groups in total. The second-order valence-corrected chi connectivity index (χ2v) is 7.46. The average molecular weight is 313 g/mol. The summed E-state index contributed by atoms with van der Waals surface area (Å²) in [6, 6.07) is 17.2. The maximum Gasteiger partial charge on any atom is 0.243 e. The van der Waals surface area contributed by atoms with Gasteiger partial charge in [0.15, 0.2) is 0 Å². The van der Waals surface area contributed by atoms with Gasteiger partial charge >= 0.3 is 0 Å². The van der Waals surface area contributed by atoms with Gasteiger partial charge < -0.3 is 0 Å². The molecule has 0 unspecified atom stereocenters. The highest BCUT2D eigenvalue weighted by molar-refractivity contribution is 7.89. The summed E-state index contributed by atoms with van der Waals surface area (Å²) < 4.78 is 26.9. The molecule has 2 aromatic carbocycles. The summed E-state index contributed by atoms with van der Waals surface area (Å²) in [5.74, 6) is 0. The Morgan fingerprint density at radius 3 is 2.41 bits per heavy atom. The third-order valence-electron chi connectivity index (χ3n) is 3.94. The second-order valence-electron chi connectivity index (χ2n) is 5.52. The summed E-state index contributed by atoms with van der Waals surface area (Å²) >= 11 is 0. The minimum atomic E-state index is -3.40. The first-order valence-electron chi connectivity index (χ1n) is 7.39. The number of hydrogen-bond donors (Lipinski definition) is 0. The Morgan fingerprint density at radius 2 is 1.77 bits per heavy atom. The van der Waals surface area contributed by atoms with E-state index in [-0.39, 0.29) is 0 Å². The molecule has 0 amide bonds. The Hall–Kier alpha value is -1.91. The normalized spacial score (nSPS) is 16.3. The van der Waals surface area contributed by atoms with Crippen LogP contribution in [0.25, 0.3) is 5.57 Å². The van der Waals surface area contributed by atoms with Crippen molar-refractivity contribution in [3.8, 4) is 0 Å². The van der Waals surface area contributed by atoms with Crippen LogP contribution in [0.3, 0.4) is 0 Å². The molecule has 0 fully saturated rings. The largest absolute Gasteiger partial charge is 0.243 e. The van der Waals surface area contributed by atoms with Gasteiger partial charge in [0.25, 0.3) is 0 Å². The van der Waals surface area contributed by atoms with Crippen molar-refractivity contribution in [1.82, 2.24) is 4.31 Å². The summed E-state index contributed by atoms with van der Waals surface area (Å²) in [5, 5.41) is 0. The first kappa shape index (κ1) is 15.0. The molecule has 0 radical (unpaired) electrons. The zero-order valence-electron chi connectivity index (χ0n) is 12.6. The van der Waals surface area contributed by atoms with Gasteiger partial charge in [-0.1, -0.05) is 48.5 Å². The first-order valence-corrected chi connectivity index (χ1v) is 8.83. The number of hydrogen-bond acceptors (Lipinski definition) is 2. The van der Waals surface area contributed by atoms with Crippen molar-refractivity contribution in [2.24, 2.45) is 0 Å². The Kier molecular flexibility index (Phi) is 4.14. The number of benzene rings is 2. The second kappa shape index (κ2) is 6.07. The Bertz CT molecular complexity index is 795. The quantitative estimate of drug-likeness (QED) is 0.870. The lowest BCUT2D eigenvalue weighted by Gasteiger charge is -2.26. The highest BCUT2D eigenvalue weighted by Gasteiger charge is 2.26. The number of aryl methyl sites for hydroxylation is 1. The van der Waals surface area contributed by atoms with Crippen LogP contribution in [0.5, 0.6) is 0 Å². The molecule has 0 saturated heterocycles. The zero-order chi connectivity index (χ0) is 15.6. The van der Waals surface area contributed by atoms with Crippen molar-refractivity contribution in [1.29, 1.82) is 0 Å². The molecule has 22 heavy (non-hydrogen) atoms. The SMILES string of the molecule is Cc1cccc(S(=O)(=O)N2CC=C(c3ccccc3)CC2)c1. The molecule has 0 atom stereocenters. The fourth-order valence-electron chi connectivity index (χ4n) is 2.71. The van der Waals surface area contributed by atoms with Crippen molar-refractivity contribution in [2.45, 2.75) is 18.2 Å². The Morgan fingerprint density at radius 1 is 1.00 bits per heavy atom. The molecule has 3 rings (SSSR count). The smallest absolute Gasteiger partial charge is 0.207 e. The van der Waals surface area contributed by atoms with Gasteiger partial charge in [-0.3, -0.25) is 0 Å². The molecule has 1 aliphatic rings. The molecular weight excluding hydrogens is 294 g/mol. The molecule has 0 bridgehead atoms. The van der Waals surface area contributed by atoms with Crippen molar-refractivity contribution in [2.75, 3.05) is 13.1 Å². The van der Waals surface area contributed by atoms with Crippen LogP contribution < -0.4 is 0 Å². The minimum absolute atomic E-state index is 0.379. The van der Waals surface area contributed by atoms with Gasteiger partial charge in [-0.25, -0.2) is 8.42 Å². The molecule has 0 saturated carbocycles. The van der Waals surface area contributed by atoms with Crippen molar-refractivity contribution in [3.63, 3.8) is 0 Å². The van der Waals surface area contributed by atoms with Gasteiger partial charge in [-0.2, -0.15) is 4.31 Å². The first-order chi connectivity index (χ1) is 10.6. The molecule has 4 heteroatoms. The number of nitrogens with zero attached hydrogens (tertiary/aromatic N) is 1. The van der Waals surface area contributed by atoms with Crippen LogP contribution >= 0.6 is 0 Å². The summed E-state index contributed by atoms with van der Waals surface area (Å²) in [5.41, 5.74) is 3.35. The molecule has 0 aromatic heterocycles. The van der Waals surface area contributed by atoms with Crippen LogP contribution in [0.1, 0.15) is 17.5 Å². The monoisotopic (exact) mass is 313 g/mol. The molecule has 1 heterocycles. The van der Waals surface area contributed by atoms with Crippen LogP contribution in [0.4, 0.5) is 0 Å². The third kappa shape index (κ3) is 2.98. The molecule has 0 spiro atoms. The standard InChI is InChI=1S/C18H19NO2S/c1-15-6-5-9-18(14-15)22(20,21)19-12-10-17(11-13-19)16-7-3-2-4-8-16/h2-10,14H,11-13H2,1H3. The van der Waals surface area contributed by atoms with Crippen LogP contribution in [0.2, 0.25) is 0 Å². The van der Waals surface area contributed by atoms with Gasteiger partial charge in [0.05, 0.1) is 4.90 Å². The number of rotatable bonds is 3. The van der Waals surface area contributed by atoms with Crippen LogP contribution in [0.15, 0.2) is 65.6 Å². The van der Waals surface area contributed by atoms with E-state index in [2.05, 4.69) is 12.1 Å². The molecule has 2 aromatic rings. The van der Waals surface area contributed by atoms with E-state index in [9.17, 15) is 8.42 Å². The molecule has 1 aliphatic heterocycles. The highest BCUT2D eigenvalue weighted by Crippen LogP contribution is 2.26. The van der Waals surface area contributed by atoms with E-state index in [1.807, 2.05) is 37.3 Å².